The summed E-state index contributed by atoms with van der Waals surface area (Å²) in [5, 5.41) is 9.05. The summed E-state index contributed by atoms with van der Waals surface area (Å²) >= 11 is 0. The summed E-state index contributed by atoms with van der Waals surface area (Å²) < 4.78 is 0. The third-order valence-electron chi connectivity index (χ3n) is 5.39. The number of carbonyl (C=O) groups excluding carboxylic acids is 2. The van der Waals surface area contributed by atoms with Crippen molar-refractivity contribution in [3.63, 3.8) is 0 Å². The molecule has 2 fully saturated rings. The number of hydrogen-bond acceptors (Lipinski definition) is 3. The Morgan fingerprint density at radius 3 is 2.50 bits per heavy atom. The predicted molar refractivity (Wildman–Crippen MR) is 96.4 cm³/mol. The monoisotopic (exact) mass is 358 g/mol. The Morgan fingerprint density at radius 2 is 1.77 bits per heavy atom. The number of carboxylic acids is 1. The average molecular weight is 358 g/mol. The highest BCUT2D eigenvalue weighted by molar-refractivity contribution is 5.83. The van der Waals surface area contributed by atoms with E-state index < -0.39 is 5.97 Å². The van der Waals surface area contributed by atoms with Gasteiger partial charge < -0.3 is 14.9 Å². The van der Waals surface area contributed by atoms with Crippen LogP contribution in [0, 0.1) is 5.92 Å². The highest BCUT2D eigenvalue weighted by Crippen LogP contribution is 2.26. The van der Waals surface area contributed by atoms with Crippen LogP contribution in [-0.4, -0.2) is 58.4 Å². The fourth-order valence-corrected chi connectivity index (χ4v) is 4.06. The molecule has 1 aromatic carbocycles. The molecule has 1 N–H and O–H groups in total. The Kier molecular flexibility index (Phi) is 5.91. The third kappa shape index (κ3) is 4.42. The number of piperidine rings is 1. The summed E-state index contributed by atoms with van der Waals surface area (Å²) in [5.74, 6) is -1.00. The molecule has 0 saturated carbocycles. The van der Waals surface area contributed by atoms with Gasteiger partial charge in [0.2, 0.25) is 11.8 Å². The number of benzene rings is 1. The Bertz CT molecular complexity index is 661. The van der Waals surface area contributed by atoms with Crippen molar-refractivity contribution in [1.82, 2.24) is 9.80 Å². The first-order valence-electron chi connectivity index (χ1n) is 9.38. The minimum absolute atomic E-state index is 0.00904. The number of amides is 2. The van der Waals surface area contributed by atoms with Gasteiger partial charge >= 0.3 is 5.97 Å². The molecule has 0 aromatic heterocycles. The lowest BCUT2D eigenvalue weighted by Gasteiger charge is -2.35. The van der Waals surface area contributed by atoms with E-state index in [1.54, 1.807) is 9.80 Å². The van der Waals surface area contributed by atoms with Crippen molar-refractivity contribution >= 4 is 17.8 Å². The van der Waals surface area contributed by atoms with Gasteiger partial charge in [-0.1, -0.05) is 30.3 Å². The number of carboxylic acid groups (broad SMARTS) is 1. The summed E-state index contributed by atoms with van der Waals surface area (Å²) in [6.07, 6.45) is 3.55. The van der Waals surface area contributed by atoms with Crippen LogP contribution in [0.25, 0.3) is 0 Å². The van der Waals surface area contributed by atoms with E-state index in [0.717, 1.165) is 31.2 Å². The van der Waals surface area contributed by atoms with Crippen LogP contribution in [0.4, 0.5) is 0 Å². The molecule has 140 valence electrons. The molecule has 1 aromatic rings. The summed E-state index contributed by atoms with van der Waals surface area (Å²) in [6.45, 7) is 1.76. The molecule has 2 amide bonds. The number of aliphatic carboxylic acids is 1. The smallest absolute Gasteiger partial charge is 0.305 e. The molecule has 2 unspecified atom stereocenters. The molecule has 26 heavy (non-hydrogen) atoms. The predicted octanol–water partition coefficient (Wildman–Crippen LogP) is 1.93. The van der Waals surface area contributed by atoms with Gasteiger partial charge in [-0.2, -0.15) is 0 Å². The van der Waals surface area contributed by atoms with Gasteiger partial charge in [-0.15, -0.1) is 0 Å². The third-order valence-corrected chi connectivity index (χ3v) is 5.39. The van der Waals surface area contributed by atoms with E-state index >= 15 is 0 Å². The maximum atomic E-state index is 12.9. The topological polar surface area (TPSA) is 77.9 Å². The van der Waals surface area contributed by atoms with Crippen LogP contribution in [0.5, 0.6) is 0 Å². The van der Waals surface area contributed by atoms with E-state index in [1.165, 1.54) is 0 Å². The number of likely N-dealkylation sites (tertiary alicyclic amines) is 2. The first-order chi connectivity index (χ1) is 12.5. The van der Waals surface area contributed by atoms with Gasteiger partial charge in [0.1, 0.15) is 0 Å². The zero-order valence-electron chi connectivity index (χ0n) is 15.0. The molecule has 0 radical (unpaired) electrons. The lowest BCUT2D eigenvalue weighted by atomic mass is 9.95. The fourth-order valence-electron chi connectivity index (χ4n) is 4.06. The van der Waals surface area contributed by atoms with Crippen LogP contribution in [0.2, 0.25) is 0 Å². The van der Waals surface area contributed by atoms with E-state index in [0.29, 0.717) is 26.1 Å². The number of rotatable bonds is 5. The molecule has 6 heteroatoms. The van der Waals surface area contributed by atoms with Crippen molar-refractivity contribution in [2.75, 3.05) is 19.6 Å². The Labute approximate surface area is 153 Å². The van der Waals surface area contributed by atoms with Crippen molar-refractivity contribution in [1.29, 1.82) is 0 Å². The van der Waals surface area contributed by atoms with Crippen molar-refractivity contribution in [3.05, 3.63) is 35.9 Å². The Balaban J connectivity index is 1.59. The quantitative estimate of drug-likeness (QED) is 0.872. The van der Waals surface area contributed by atoms with E-state index in [9.17, 15) is 14.4 Å². The lowest BCUT2D eigenvalue weighted by Crippen LogP contribution is -2.48. The average Bonchev–Trinajstić information content (AvgIpc) is 3.09. The van der Waals surface area contributed by atoms with Gasteiger partial charge in [-0.05, 0) is 31.2 Å². The maximum absolute atomic E-state index is 12.9. The maximum Gasteiger partial charge on any atom is 0.305 e. The van der Waals surface area contributed by atoms with Gasteiger partial charge in [0.05, 0.1) is 18.8 Å². The largest absolute Gasteiger partial charge is 0.481 e. The van der Waals surface area contributed by atoms with Crippen molar-refractivity contribution in [2.24, 2.45) is 5.92 Å². The first kappa shape index (κ1) is 18.4. The zero-order chi connectivity index (χ0) is 18.5. The van der Waals surface area contributed by atoms with E-state index in [4.69, 9.17) is 5.11 Å². The standard InChI is InChI=1S/C20H26N2O4/c23-18(12-15-6-2-1-3-7-15)21-10-4-8-16(14-21)20(26)22-11-5-9-17(22)13-19(24)25/h1-3,6-7,16-17H,4-5,8-14H2,(H,24,25). The molecular weight excluding hydrogens is 332 g/mol. The zero-order valence-corrected chi connectivity index (χ0v) is 15.0. The minimum atomic E-state index is -0.863. The SMILES string of the molecule is O=C(O)CC1CCCN1C(=O)C1CCCN(C(=O)Cc2ccccc2)C1. The molecule has 2 aliphatic rings. The van der Waals surface area contributed by atoms with Gasteiger partial charge in [-0.3, -0.25) is 14.4 Å². The molecule has 2 saturated heterocycles. The second kappa shape index (κ2) is 8.34. The lowest BCUT2D eigenvalue weighted by molar-refractivity contribution is -0.143. The molecule has 2 atom stereocenters. The van der Waals surface area contributed by atoms with Crippen LogP contribution in [-0.2, 0) is 20.8 Å². The second-order valence-electron chi connectivity index (χ2n) is 7.27. The normalized spacial score (nSPS) is 23.1. The summed E-state index contributed by atoms with van der Waals surface area (Å²) in [5.41, 5.74) is 0.979. The molecule has 6 nitrogen and oxygen atoms in total. The van der Waals surface area contributed by atoms with Gasteiger partial charge in [0, 0.05) is 25.7 Å². The van der Waals surface area contributed by atoms with Gasteiger partial charge in [0.15, 0.2) is 0 Å². The molecule has 2 aliphatic heterocycles. The molecule has 0 aliphatic carbocycles. The van der Waals surface area contributed by atoms with E-state index in [1.807, 2.05) is 30.3 Å². The van der Waals surface area contributed by atoms with Gasteiger partial charge in [-0.25, -0.2) is 0 Å². The number of carbonyl (C=O) groups is 3. The van der Waals surface area contributed by atoms with Crippen LogP contribution in [0.3, 0.4) is 0 Å². The van der Waals surface area contributed by atoms with Gasteiger partial charge in [0.25, 0.3) is 0 Å². The van der Waals surface area contributed by atoms with Crippen LogP contribution >= 0.6 is 0 Å². The van der Waals surface area contributed by atoms with Crippen molar-refractivity contribution in [2.45, 2.75) is 44.6 Å². The highest BCUT2D eigenvalue weighted by Gasteiger charge is 2.36. The van der Waals surface area contributed by atoms with Crippen LogP contribution < -0.4 is 0 Å². The Morgan fingerprint density at radius 1 is 1.04 bits per heavy atom. The summed E-state index contributed by atoms with van der Waals surface area (Å²) in [6, 6.07) is 9.43. The van der Waals surface area contributed by atoms with Crippen LogP contribution in [0.1, 0.15) is 37.7 Å². The number of nitrogens with zero attached hydrogens (tertiary/aromatic N) is 2. The van der Waals surface area contributed by atoms with E-state index in [2.05, 4.69) is 0 Å². The molecule has 0 spiro atoms. The highest BCUT2D eigenvalue weighted by atomic mass is 16.4. The summed E-state index contributed by atoms with van der Waals surface area (Å²) in [4.78, 5) is 40.1. The molecule has 3 rings (SSSR count). The fraction of sp³-hybridized carbons (Fsp3) is 0.550. The molecule has 0 bridgehead atoms. The molecule has 2 heterocycles. The molecular formula is C20H26N2O4. The minimum Gasteiger partial charge on any atom is -0.481 e. The second-order valence-corrected chi connectivity index (χ2v) is 7.27. The summed E-state index contributed by atoms with van der Waals surface area (Å²) in [7, 11) is 0. The number of hydrogen-bond donors (Lipinski definition) is 1. The first-order valence-corrected chi connectivity index (χ1v) is 9.38. The van der Waals surface area contributed by atoms with E-state index in [-0.39, 0.29) is 30.2 Å². The Hall–Kier alpha value is -2.37. The van der Waals surface area contributed by atoms with Crippen molar-refractivity contribution < 1.29 is 19.5 Å². The van der Waals surface area contributed by atoms with Crippen LogP contribution in [0.15, 0.2) is 30.3 Å². The van der Waals surface area contributed by atoms with Crippen molar-refractivity contribution in [3.8, 4) is 0 Å².